The third kappa shape index (κ3) is 1.59. The first kappa shape index (κ1) is 12.5. The molecule has 0 radical (unpaired) electrons. The normalized spacial score (nSPS) is 27.6. The molecular formula is C14H15ClN2O2. The maximum Gasteiger partial charge on any atom is 0.233 e. The van der Waals surface area contributed by atoms with E-state index in [0.717, 1.165) is 0 Å². The van der Waals surface area contributed by atoms with Gasteiger partial charge in [-0.1, -0.05) is 31.5 Å². The Bertz CT molecular complexity index is 553. The van der Waals surface area contributed by atoms with Crippen molar-refractivity contribution in [2.24, 2.45) is 17.3 Å². The van der Waals surface area contributed by atoms with Gasteiger partial charge in [0, 0.05) is 16.3 Å². The number of rotatable bonds is 2. The Morgan fingerprint density at radius 1 is 1.26 bits per heavy atom. The summed E-state index contributed by atoms with van der Waals surface area (Å²) in [6.07, 6.45) is 0. The zero-order valence-corrected chi connectivity index (χ0v) is 11.6. The average molecular weight is 279 g/mol. The number of halogens is 1. The molecule has 4 nitrogen and oxygen atoms in total. The van der Waals surface area contributed by atoms with Gasteiger partial charge in [0.15, 0.2) is 0 Å². The monoisotopic (exact) mass is 278 g/mol. The summed E-state index contributed by atoms with van der Waals surface area (Å²) in [5, 5.41) is 0.487. The fourth-order valence-electron chi connectivity index (χ4n) is 3.06. The minimum absolute atomic E-state index is 0.0979. The van der Waals surface area contributed by atoms with E-state index >= 15 is 0 Å². The Morgan fingerprint density at radius 3 is 2.37 bits per heavy atom. The van der Waals surface area contributed by atoms with E-state index in [4.69, 9.17) is 17.3 Å². The van der Waals surface area contributed by atoms with Crippen LogP contribution in [0.3, 0.4) is 0 Å². The van der Waals surface area contributed by atoms with Gasteiger partial charge in [0.25, 0.3) is 0 Å². The van der Waals surface area contributed by atoms with E-state index in [1.165, 1.54) is 4.90 Å². The van der Waals surface area contributed by atoms with E-state index in [9.17, 15) is 9.59 Å². The lowest BCUT2D eigenvalue weighted by atomic mass is 10.0. The van der Waals surface area contributed by atoms with Crippen LogP contribution in [-0.2, 0) is 16.1 Å². The van der Waals surface area contributed by atoms with Crippen molar-refractivity contribution in [3.05, 3.63) is 28.8 Å². The van der Waals surface area contributed by atoms with Crippen LogP contribution in [0.15, 0.2) is 18.2 Å². The van der Waals surface area contributed by atoms with Crippen LogP contribution in [0.1, 0.15) is 19.4 Å². The molecule has 2 amide bonds. The number of carbonyl (C=O) groups excluding carboxylic acids is 2. The number of hydrogen-bond acceptors (Lipinski definition) is 3. The van der Waals surface area contributed by atoms with Crippen LogP contribution in [-0.4, -0.2) is 16.7 Å². The summed E-state index contributed by atoms with van der Waals surface area (Å²) in [6.45, 7) is 4.09. The Morgan fingerprint density at radius 2 is 1.84 bits per heavy atom. The van der Waals surface area contributed by atoms with Gasteiger partial charge >= 0.3 is 0 Å². The molecule has 1 heterocycles. The molecule has 0 bridgehead atoms. The van der Waals surface area contributed by atoms with E-state index in [-0.39, 0.29) is 35.6 Å². The Kier molecular flexibility index (Phi) is 2.45. The number of nitrogens with two attached hydrogens (primary N) is 1. The minimum Gasteiger partial charge on any atom is -0.398 e. The first-order valence-corrected chi connectivity index (χ1v) is 6.61. The van der Waals surface area contributed by atoms with Crippen LogP contribution in [0.2, 0.25) is 5.02 Å². The average Bonchev–Trinajstić information content (AvgIpc) is 2.79. The molecule has 2 aliphatic rings. The lowest BCUT2D eigenvalue weighted by molar-refractivity contribution is -0.143. The molecule has 1 aromatic carbocycles. The molecule has 5 heteroatoms. The van der Waals surface area contributed by atoms with Crippen molar-refractivity contribution in [1.29, 1.82) is 0 Å². The molecule has 2 unspecified atom stereocenters. The van der Waals surface area contributed by atoms with Gasteiger partial charge in [-0.3, -0.25) is 14.5 Å². The molecular weight excluding hydrogens is 264 g/mol. The number of anilines is 1. The van der Waals surface area contributed by atoms with Gasteiger partial charge in [-0.25, -0.2) is 0 Å². The number of hydrogen-bond donors (Lipinski definition) is 1. The maximum atomic E-state index is 12.2. The lowest BCUT2D eigenvalue weighted by Crippen LogP contribution is -2.35. The van der Waals surface area contributed by atoms with Gasteiger partial charge < -0.3 is 5.73 Å². The second-order valence-corrected chi connectivity index (χ2v) is 6.25. The SMILES string of the molecule is CC1(C)C2C(=O)N(Cc3c(N)cccc3Cl)C(=O)C21. The highest BCUT2D eigenvalue weighted by molar-refractivity contribution is 6.31. The summed E-state index contributed by atoms with van der Waals surface area (Å²) in [5.41, 5.74) is 6.82. The van der Waals surface area contributed by atoms with Crippen LogP contribution < -0.4 is 5.73 Å². The van der Waals surface area contributed by atoms with Crippen molar-refractivity contribution in [2.75, 3.05) is 5.73 Å². The third-order valence-corrected chi connectivity index (χ3v) is 4.72. The number of carbonyl (C=O) groups is 2. The fraction of sp³-hybridized carbons (Fsp3) is 0.429. The highest BCUT2D eigenvalue weighted by Gasteiger charge is 2.72. The number of amides is 2. The molecule has 1 saturated heterocycles. The number of likely N-dealkylation sites (tertiary alicyclic amines) is 1. The Balaban J connectivity index is 1.87. The summed E-state index contributed by atoms with van der Waals surface area (Å²) < 4.78 is 0. The Hall–Kier alpha value is -1.55. The molecule has 100 valence electrons. The molecule has 2 N–H and O–H groups in total. The van der Waals surface area contributed by atoms with Crippen molar-refractivity contribution in [2.45, 2.75) is 20.4 Å². The smallest absolute Gasteiger partial charge is 0.233 e. The molecule has 0 aromatic heterocycles. The summed E-state index contributed by atoms with van der Waals surface area (Å²) in [7, 11) is 0. The minimum atomic E-state index is -0.184. The second kappa shape index (κ2) is 3.73. The van der Waals surface area contributed by atoms with Gasteiger partial charge in [-0.15, -0.1) is 0 Å². The molecule has 1 aliphatic carbocycles. The number of piperidine rings is 1. The predicted molar refractivity (Wildman–Crippen MR) is 72.2 cm³/mol. The van der Waals surface area contributed by atoms with Gasteiger partial charge in [-0.2, -0.15) is 0 Å². The van der Waals surface area contributed by atoms with E-state index in [1.807, 2.05) is 13.8 Å². The van der Waals surface area contributed by atoms with Crippen LogP contribution in [0.4, 0.5) is 5.69 Å². The summed E-state index contributed by atoms with van der Waals surface area (Å²) in [4.78, 5) is 25.7. The number of nitrogen functional groups attached to an aromatic ring is 1. The van der Waals surface area contributed by atoms with Crippen molar-refractivity contribution >= 4 is 29.1 Å². The topological polar surface area (TPSA) is 63.4 Å². The first-order chi connectivity index (χ1) is 8.85. The van der Waals surface area contributed by atoms with E-state index in [2.05, 4.69) is 0 Å². The second-order valence-electron chi connectivity index (χ2n) is 5.85. The number of fused-ring (bicyclic) bond motifs is 1. The molecule has 2 fully saturated rings. The van der Waals surface area contributed by atoms with Gasteiger partial charge in [-0.05, 0) is 17.5 Å². The molecule has 0 spiro atoms. The summed E-state index contributed by atoms with van der Waals surface area (Å²) in [5.74, 6) is -0.522. The largest absolute Gasteiger partial charge is 0.398 e. The van der Waals surface area contributed by atoms with Gasteiger partial charge in [0.05, 0.1) is 18.4 Å². The molecule has 1 aromatic rings. The van der Waals surface area contributed by atoms with E-state index < -0.39 is 0 Å². The number of imide groups is 1. The highest BCUT2D eigenvalue weighted by Crippen LogP contribution is 2.63. The Labute approximate surface area is 116 Å². The van der Waals surface area contributed by atoms with Crippen LogP contribution in [0.5, 0.6) is 0 Å². The number of benzene rings is 1. The van der Waals surface area contributed by atoms with E-state index in [0.29, 0.717) is 16.3 Å². The van der Waals surface area contributed by atoms with Crippen molar-refractivity contribution in [3.63, 3.8) is 0 Å². The van der Waals surface area contributed by atoms with E-state index in [1.54, 1.807) is 18.2 Å². The predicted octanol–water partition coefficient (Wildman–Crippen LogP) is 2.06. The standard InChI is InChI=1S/C14H15ClN2O2/c1-14(2)10-11(14)13(19)17(12(10)18)6-7-8(15)4-3-5-9(7)16/h3-5,10-11H,6,16H2,1-2H3. The van der Waals surface area contributed by atoms with Crippen molar-refractivity contribution in [1.82, 2.24) is 4.90 Å². The molecule has 19 heavy (non-hydrogen) atoms. The summed E-state index contributed by atoms with van der Waals surface area (Å²) in [6, 6.07) is 5.18. The third-order valence-electron chi connectivity index (χ3n) is 4.36. The van der Waals surface area contributed by atoms with Crippen LogP contribution >= 0.6 is 11.6 Å². The zero-order chi connectivity index (χ0) is 13.9. The lowest BCUT2D eigenvalue weighted by Gasteiger charge is -2.21. The maximum absolute atomic E-state index is 12.2. The van der Waals surface area contributed by atoms with Crippen molar-refractivity contribution < 1.29 is 9.59 Å². The summed E-state index contributed by atoms with van der Waals surface area (Å²) >= 11 is 6.08. The van der Waals surface area contributed by atoms with Crippen LogP contribution in [0.25, 0.3) is 0 Å². The molecule has 2 atom stereocenters. The van der Waals surface area contributed by atoms with Crippen LogP contribution in [0, 0.1) is 17.3 Å². The fourth-order valence-corrected chi connectivity index (χ4v) is 3.30. The highest BCUT2D eigenvalue weighted by atomic mass is 35.5. The molecule has 1 saturated carbocycles. The zero-order valence-electron chi connectivity index (χ0n) is 10.8. The van der Waals surface area contributed by atoms with Gasteiger partial charge in [0.2, 0.25) is 11.8 Å². The van der Waals surface area contributed by atoms with Gasteiger partial charge in [0.1, 0.15) is 0 Å². The molecule has 3 rings (SSSR count). The number of nitrogens with zero attached hydrogens (tertiary/aromatic N) is 1. The molecule has 1 aliphatic heterocycles. The quantitative estimate of drug-likeness (QED) is 0.665. The van der Waals surface area contributed by atoms with Crippen molar-refractivity contribution in [3.8, 4) is 0 Å². The first-order valence-electron chi connectivity index (χ1n) is 6.23.